The van der Waals surface area contributed by atoms with Crippen molar-refractivity contribution < 1.29 is 8.42 Å². The molecule has 0 saturated carbocycles. The van der Waals surface area contributed by atoms with Gasteiger partial charge in [0.05, 0.1) is 16.7 Å². The Balaban J connectivity index is 3.08. The van der Waals surface area contributed by atoms with Crippen LogP contribution < -0.4 is 4.72 Å². The Hall–Kier alpha value is -1.53. The van der Waals surface area contributed by atoms with Crippen molar-refractivity contribution >= 4 is 21.6 Å². The van der Waals surface area contributed by atoms with E-state index in [1.807, 2.05) is 13.0 Å². The molecule has 19 heavy (non-hydrogen) atoms. The highest BCUT2D eigenvalue weighted by Gasteiger charge is 2.21. The van der Waals surface area contributed by atoms with Crippen LogP contribution in [0.5, 0.6) is 0 Å². The van der Waals surface area contributed by atoms with E-state index in [4.69, 9.17) is 23.3 Å². The topological polar surface area (TPSA) is 70.0 Å². The molecule has 1 N–H and O–H groups in total. The predicted octanol–water partition coefficient (Wildman–Crippen LogP) is 2.29. The minimum atomic E-state index is -3.74. The van der Waals surface area contributed by atoms with Crippen LogP contribution in [0.2, 0.25) is 5.02 Å². The molecule has 0 saturated heterocycles. The van der Waals surface area contributed by atoms with Gasteiger partial charge in [0.15, 0.2) is 0 Å². The zero-order valence-electron chi connectivity index (χ0n) is 10.4. The number of nitriles is 1. The summed E-state index contributed by atoms with van der Waals surface area (Å²) in [5, 5.41) is 8.73. The summed E-state index contributed by atoms with van der Waals surface area (Å²) in [6.45, 7) is 1.84. The first-order valence-electron chi connectivity index (χ1n) is 5.60. The molecular formula is C13H13ClN2O2S. The molecule has 1 atom stereocenters. The summed E-state index contributed by atoms with van der Waals surface area (Å²) in [6, 6.07) is 5.60. The van der Waals surface area contributed by atoms with Crippen molar-refractivity contribution in [3.05, 3.63) is 28.8 Å². The highest BCUT2D eigenvalue weighted by atomic mass is 35.5. The molecule has 1 unspecified atom stereocenters. The van der Waals surface area contributed by atoms with Gasteiger partial charge in [0.2, 0.25) is 10.0 Å². The highest BCUT2D eigenvalue weighted by Crippen LogP contribution is 2.23. The maximum absolute atomic E-state index is 12.1. The van der Waals surface area contributed by atoms with Crippen molar-refractivity contribution in [1.82, 2.24) is 4.72 Å². The molecule has 1 aromatic carbocycles. The number of terminal acetylenes is 1. The highest BCUT2D eigenvalue weighted by molar-refractivity contribution is 7.89. The third-order valence-electron chi connectivity index (χ3n) is 2.53. The van der Waals surface area contributed by atoms with Gasteiger partial charge in [-0.15, -0.1) is 12.3 Å². The second-order valence-corrected chi connectivity index (χ2v) is 5.98. The SMILES string of the molecule is C#CCC(CC)NS(=O)(=O)c1ccc(C#N)cc1Cl. The first kappa shape index (κ1) is 15.5. The predicted molar refractivity (Wildman–Crippen MR) is 74.0 cm³/mol. The van der Waals surface area contributed by atoms with E-state index in [0.717, 1.165) is 0 Å². The van der Waals surface area contributed by atoms with Crippen LogP contribution in [0, 0.1) is 23.7 Å². The zero-order valence-corrected chi connectivity index (χ0v) is 11.9. The lowest BCUT2D eigenvalue weighted by atomic mass is 10.2. The van der Waals surface area contributed by atoms with E-state index in [1.165, 1.54) is 18.2 Å². The van der Waals surface area contributed by atoms with Crippen LogP contribution in [-0.4, -0.2) is 14.5 Å². The van der Waals surface area contributed by atoms with Gasteiger partial charge < -0.3 is 0 Å². The second-order valence-electron chi connectivity index (χ2n) is 3.89. The monoisotopic (exact) mass is 296 g/mol. The molecule has 0 fully saturated rings. The van der Waals surface area contributed by atoms with Gasteiger partial charge in [0.1, 0.15) is 4.90 Å². The molecule has 0 radical (unpaired) electrons. The van der Waals surface area contributed by atoms with E-state index in [2.05, 4.69) is 10.6 Å². The molecule has 1 aromatic rings. The van der Waals surface area contributed by atoms with Gasteiger partial charge in [-0.25, -0.2) is 13.1 Å². The van der Waals surface area contributed by atoms with Gasteiger partial charge in [-0.3, -0.25) is 0 Å². The van der Waals surface area contributed by atoms with Crippen molar-refractivity contribution in [3.63, 3.8) is 0 Å². The molecule has 0 amide bonds. The van der Waals surface area contributed by atoms with Gasteiger partial charge in [0, 0.05) is 12.5 Å². The fraction of sp³-hybridized carbons (Fsp3) is 0.308. The molecule has 4 nitrogen and oxygen atoms in total. The number of rotatable bonds is 5. The van der Waals surface area contributed by atoms with Crippen molar-refractivity contribution in [2.24, 2.45) is 0 Å². The van der Waals surface area contributed by atoms with E-state index in [-0.39, 0.29) is 16.0 Å². The molecule has 1 rings (SSSR count). The molecule has 0 aliphatic carbocycles. The summed E-state index contributed by atoms with van der Waals surface area (Å²) in [5.74, 6) is 2.42. The Morgan fingerprint density at radius 1 is 1.53 bits per heavy atom. The Morgan fingerprint density at radius 3 is 2.68 bits per heavy atom. The number of sulfonamides is 1. The van der Waals surface area contributed by atoms with E-state index in [0.29, 0.717) is 18.4 Å². The molecule has 0 aliphatic heterocycles. The Kier molecular flexibility index (Phi) is 5.38. The normalized spacial score (nSPS) is 12.4. The van der Waals surface area contributed by atoms with E-state index in [1.54, 1.807) is 0 Å². The van der Waals surface area contributed by atoms with Crippen molar-refractivity contribution in [3.8, 4) is 18.4 Å². The average molecular weight is 297 g/mol. The van der Waals surface area contributed by atoms with Gasteiger partial charge in [-0.2, -0.15) is 5.26 Å². The lowest BCUT2D eigenvalue weighted by Crippen LogP contribution is -2.34. The molecule has 0 aliphatic rings. The van der Waals surface area contributed by atoms with Crippen LogP contribution >= 0.6 is 11.6 Å². The van der Waals surface area contributed by atoms with Crippen LogP contribution in [0.15, 0.2) is 23.1 Å². The number of hydrogen-bond acceptors (Lipinski definition) is 3. The number of halogens is 1. The molecule has 100 valence electrons. The molecule has 0 bridgehead atoms. The summed E-state index contributed by atoms with van der Waals surface area (Å²) in [5.41, 5.74) is 0.305. The maximum atomic E-state index is 12.1. The summed E-state index contributed by atoms with van der Waals surface area (Å²) < 4.78 is 26.8. The molecule has 0 spiro atoms. The van der Waals surface area contributed by atoms with Gasteiger partial charge in [0.25, 0.3) is 0 Å². The molecule has 0 aromatic heterocycles. The van der Waals surface area contributed by atoms with Crippen molar-refractivity contribution in [2.75, 3.05) is 0 Å². The Labute approximate surface area is 118 Å². The van der Waals surface area contributed by atoms with Gasteiger partial charge in [-0.1, -0.05) is 18.5 Å². The zero-order chi connectivity index (χ0) is 14.5. The second kappa shape index (κ2) is 6.58. The van der Waals surface area contributed by atoms with Crippen LogP contribution in [0.3, 0.4) is 0 Å². The Bertz CT molecular complexity index is 642. The van der Waals surface area contributed by atoms with Crippen LogP contribution in [0.25, 0.3) is 0 Å². The van der Waals surface area contributed by atoms with Crippen LogP contribution in [0.1, 0.15) is 25.3 Å². The summed E-state index contributed by atoms with van der Waals surface area (Å²) in [7, 11) is -3.74. The largest absolute Gasteiger partial charge is 0.242 e. The fourth-order valence-electron chi connectivity index (χ4n) is 1.48. The van der Waals surface area contributed by atoms with E-state index < -0.39 is 10.0 Å². The molecule has 6 heteroatoms. The third-order valence-corrected chi connectivity index (χ3v) is 4.53. The standard InChI is InChI=1S/C13H13ClN2O2S/c1-3-5-11(4-2)16-19(17,18)13-7-6-10(9-15)8-12(13)14/h1,6-8,11,16H,4-5H2,2H3. The Morgan fingerprint density at radius 2 is 2.21 bits per heavy atom. The van der Waals surface area contributed by atoms with Gasteiger partial charge >= 0.3 is 0 Å². The van der Waals surface area contributed by atoms with Crippen molar-refractivity contribution in [2.45, 2.75) is 30.7 Å². The number of benzene rings is 1. The van der Waals surface area contributed by atoms with Crippen molar-refractivity contribution in [1.29, 1.82) is 5.26 Å². The first-order valence-corrected chi connectivity index (χ1v) is 7.46. The maximum Gasteiger partial charge on any atom is 0.242 e. The van der Waals surface area contributed by atoms with Gasteiger partial charge in [-0.05, 0) is 24.6 Å². The average Bonchev–Trinajstić information content (AvgIpc) is 2.37. The smallest absolute Gasteiger partial charge is 0.207 e. The number of nitrogens with zero attached hydrogens (tertiary/aromatic N) is 1. The number of nitrogens with one attached hydrogen (secondary N) is 1. The third kappa shape index (κ3) is 3.97. The first-order chi connectivity index (χ1) is 8.94. The fourth-order valence-corrected chi connectivity index (χ4v) is 3.35. The molecule has 0 heterocycles. The van der Waals surface area contributed by atoms with E-state index >= 15 is 0 Å². The summed E-state index contributed by atoms with van der Waals surface area (Å²) in [4.78, 5) is -0.0522. The minimum absolute atomic E-state index is 0.0158. The minimum Gasteiger partial charge on any atom is -0.207 e. The number of hydrogen-bond donors (Lipinski definition) is 1. The summed E-state index contributed by atoms with van der Waals surface area (Å²) in [6.07, 6.45) is 6.07. The van der Waals surface area contributed by atoms with Crippen LogP contribution in [-0.2, 0) is 10.0 Å². The summed E-state index contributed by atoms with van der Waals surface area (Å²) >= 11 is 5.89. The molecular weight excluding hydrogens is 284 g/mol. The lowest BCUT2D eigenvalue weighted by Gasteiger charge is -2.15. The van der Waals surface area contributed by atoms with E-state index in [9.17, 15) is 8.42 Å². The lowest BCUT2D eigenvalue weighted by molar-refractivity contribution is 0.544. The van der Waals surface area contributed by atoms with Crippen LogP contribution in [0.4, 0.5) is 0 Å². The quantitative estimate of drug-likeness (QED) is 0.848.